The van der Waals surface area contributed by atoms with Crippen LogP contribution in [0, 0.1) is 6.92 Å². The Hall–Kier alpha value is -2.55. The van der Waals surface area contributed by atoms with Gasteiger partial charge in [0.05, 0.1) is 25.2 Å². The molecule has 1 aliphatic rings. The lowest BCUT2D eigenvalue weighted by molar-refractivity contribution is -0.122. The molecule has 2 heterocycles. The minimum atomic E-state index is -3.08. The van der Waals surface area contributed by atoms with Crippen molar-refractivity contribution in [3.63, 3.8) is 0 Å². The molecule has 1 N–H and O–H groups in total. The Morgan fingerprint density at radius 2 is 2.11 bits per heavy atom. The summed E-state index contributed by atoms with van der Waals surface area (Å²) in [4.78, 5) is 26.6. The van der Waals surface area contributed by atoms with E-state index in [4.69, 9.17) is 9.15 Å². The van der Waals surface area contributed by atoms with E-state index in [1.54, 1.807) is 39.2 Å². The molecule has 0 bridgehead atoms. The zero-order valence-corrected chi connectivity index (χ0v) is 17.0. The van der Waals surface area contributed by atoms with E-state index in [2.05, 4.69) is 5.32 Å². The first-order valence-electron chi connectivity index (χ1n) is 9.10. The summed E-state index contributed by atoms with van der Waals surface area (Å²) in [5, 5.41) is 3.48. The molecular formula is C19H24N2O6S. The molecule has 9 heteroatoms. The Bertz CT molecular complexity index is 1010. The van der Waals surface area contributed by atoms with E-state index in [-0.39, 0.29) is 35.6 Å². The number of ether oxygens (including phenoxy) is 1. The van der Waals surface area contributed by atoms with Crippen LogP contribution in [0.1, 0.15) is 29.5 Å². The van der Waals surface area contributed by atoms with E-state index in [0.717, 1.165) is 5.39 Å². The second kappa shape index (κ2) is 7.83. The lowest BCUT2D eigenvalue weighted by atomic mass is 10.1. The maximum Gasteiger partial charge on any atom is 0.290 e. The van der Waals surface area contributed by atoms with E-state index < -0.39 is 15.9 Å². The normalized spacial score (nSPS) is 18.2. The number of rotatable bonds is 6. The molecule has 1 fully saturated rings. The van der Waals surface area contributed by atoms with Crippen LogP contribution in [0.2, 0.25) is 0 Å². The third-order valence-corrected chi connectivity index (χ3v) is 6.71. The minimum absolute atomic E-state index is 0.0523. The Morgan fingerprint density at radius 1 is 1.36 bits per heavy atom. The topological polar surface area (TPSA) is 106 Å². The number of benzene rings is 1. The molecule has 1 atom stereocenters. The van der Waals surface area contributed by atoms with Gasteiger partial charge in [-0.05, 0) is 38.5 Å². The predicted octanol–water partition coefficient (Wildman–Crippen LogP) is 1.52. The number of methoxy groups -OCH3 is 1. The van der Waals surface area contributed by atoms with Crippen molar-refractivity contribution in [3.05, 3.63) is 29.5 Å². The maximum absolute atomic E-state index is 12.9. The van der Waals surface area contributed by atoms with Crippen LogP contribution in [0.4, 0.5) is 0 Å². The molecule has 1 aromatic heterocycles. The van der Waals surface area contributed by atoms with Gasteiger partial charge in [0, 0.05) is 23.5 Å². The number of fused-ring (bicyclic) bond motifs is 1. The zero-order chi connectivity index (χ0) is 20.5. The molecule has 28 heavy (non-hydrogen) atoms. The third-order valence-electron chi connectivity index (χ3n) is 4.94. The van der Waals surface area contributed by atoms with E-state index in [1.165, 1.54) is 4.90 Å². The molecule has 0 radical (unpaired) electrons. The number of hydrogen-bond donors (Lipinski definition) is 1. The number of nitrogens with zero attached hydrogens (tertiary/aromatic N) is 1. The van der Waals surface area contributed by atoms with Crippen molar-refractivity contribution >= 4 is 32.6 Å². The fourth-order valence-corrected chi connectivity index (χ4v) is 5.03. The molecule has 1 aliphatic heterocycles. The summed E-state index contributed by atoms with van der Waals surface area (Å²) >= 11 is 0. The lowest BCUT2D eigenvalue weighted by Crippen LogP contribution is -2.44. The molecule has 1 saturated heterocycles. The van der Waals surface area contributed by atoms with Crippen molar-refractivity contribution in [2.45, 2.75) is 26.3 Å². The highest BCUT2D eigenvalue weighted by molar-refractivity contribution is 7.91. The lowest BCUT2D eigenvalue weighted by Gasteiger charge is -2.20. The molecule has 0 spiro atoms. The molecule has 0 aliphatic carbocycles. The number of furan rings is 1. The first kappa shape index (κ1) is 20.2. The summed E-state index contributed by atoms with van der Waals surface area (Å²) in [5.74, 6) is 0.103. The molecule has 0 unspecified atom stereocenters. The molecule has 3 rings (SSSR count). The van der Waals surface area contributed by atoms with Crippen molar-refractivity contribution in [2.75, 3.05) is 31.7 Å². The number of carbonyl (C=O) groups excluding carboxylic acids is 2. The van der Waals surface area contributed by atoms with Crippen LogP contribution in [-0.2, 0) is 14.6 Å². The van der Waals surface area contributed by atoms with Gasteiger partial charge in [0.25, 0.3) is 5.91 Å². The summed E-state index contributed by atoms with van der Waals surface area (Å²) in [5.41, 5.74) is 1.25. The molecule has 0 saturated carbocycles. The Balaban J connectivity index is 1.73. The maximum atomic E-state index is 12.9. The highest BCUT2D eigenvalue weighted by Crippen LogP contribution is 2.29. The van der Waals surface area contributed by atoms with Gasteiger partial charge in [-0.15, -0.1) is 0 Å². The van der Waals surface area contributed by atoms with Gasteiger partial charge >= 0.3 is 0 Å². The van der Waals surface area contributed by atoms with Gasteiger partial charge in [-0.1, -0.05) is 0 Å². The first-order valence-corrected chi connectivity index (χ1v) is 10.9. The van der Waals surface area contributed by atoms with Crippen LogP contribution in [0.3, 0.4) is 0 Å². The van der Waals surface area contributed by atoms with Gasteiger partial charge < -0.3 is 19.4 Å². The average molecular weight is 408 g/mol. The smallest absolute Gasteiger partial charge is 0.290 e. The molecule has 152 valence electrons. The fraction of sp³-hybridized carbons (Fsp3) is 0.474. The number of likely N-dealkylation sites (N-methyl/N-ethyl adjacent to an activating group) is 1. The monoisotopic (exact) mass is 408 g/mol. The SMILES string of the molecule is CCN(CC(=O)N[C@H]1CCS(=O)(=O)C1)C(=O)c1oc2ccc(OC)cc2c1C. The number of hydrogen-bond acceptors (Lipinski definition) is 6. The number of sulfone groups is 1. The van der Waals surface area contributed by atoms with Crippen molar-refractivity contribution in [3.8, 4) is 5.75 Å². The Kier molecular flexibility index (Phi) is 5.64. The fourth-order valence-electron chi connectivity index (χ4n) is 3.36. The number of amides is 2. The van der Waals surface area contributed by atoms with Gasteiger partial charge in [0.1, 0.15) is 11.3 Å². The average Bonchev–Trinajstić information content (AvgIpc) is 3.17. The van der Waals surface area contributed by atoms with Crippen molar-refractivity contribution in [2.24, 2.45) is 0 Å². The van der Waals surface area contributed by atoms with Gasteiger partial charge in [0.15, 0.2) is 15.6 Å². The summed E-state index contributed by atoms with van der Waals surface area (Å²) in [6.07, 6.45) is 0.401. The standard InChI is InChI=1S/C19H24N2O6S/c1-4-21(10-17(22)20-13-7-8-28(24,25)11-13)19(23)18-12(2)15-9-14(26-3)5-6-16(15)27-18/h5-6,9,13H,4,7-8,10-11H2,1-3H3,(H,20,22)/t13-/m0/s1. The van der Waals surface area contributed by atoms with Gasteiger partial charge in [-0.3, -0.25) is 9.59 Å². The van der Waals surface area contributed by atoms with E-state index in [9.17, 15) is 18.0 Å². The minimum Gasteiger partial charge on any atom is -0.497 e. The number of carbonyl (C=O) groups is 2. The van der Waals surface area contributed by atoms with E-state index >= 15 is 0 Å². The van der Waals surface area contributed by atoms with Gasteiger partial charge in [0.2, 0.25) is 5.91 Å². The van der Waals surface area contributed by atoms with Gasteiger partial charge in [-0.2, -0.15) is 0 Å². The van der Waals surface area contributed by atoms with E-state index in [1.807, 2.05) is 0 Å². The molecule has 8 nitrogen and oxygen atoms in total. The van der Waals surface area contributed by atoms with Crippen molar-refractivity contribution < 1.29 is 27.2 Å². The molecule has 2 aromatic rings. The summed E-state index contributed by atoms with van der Waals surface area (Å²) in [6, 6.07) is 4.89. The predicted molar refractivity (Wildman–Crippen MR) is 104 cm³/mol. The molecule has 2 amide bonds. The quantitative estimate of drug-likeness (QED) is 0.777. The van der Waals surface area contributed by atoms with Crippen molar-refractivity contribution in [1.82, 2.24) is 10.2 Å². The van der Waals surface area contributed by atoms with E-state index in [0.29, 0.717) is 29.9 Å². The van der Waals surface area contributed by atoms with Gasteiger partial charge in [-0.25, -0.2) is 8.42 Å². The van der Waals surface area contributed by atoms with Crippen molar-refractivity contribution in [1.29, 1.82) is 0 Å². The molecular weight excluding hydrogens is 384 g/mol. The summed E-state index contributed by atoms with van der Waals surface area (Å²) in [7, 11) is -1.52. The molecule has 1 aromatic carbocycles. The highest BCUT2D eigenvalue weighted by Gasteiger charge is 2.30. The van der Waals surface area contributed by atoms with Crippen LogP contribution in [0.25, 0.3) is 11.0 Å². The van der Waals surface area contributed by atoms with Crippen LogP contribution in [0.15, 0.2) is 22.6 Å². The van der Waals surface area contributed by atoms with Crippen LogP contribution >= 0.6 is 0 Å². The third kappa shape index (κ3) is 4.14. The largest absolute Gasteiger partial charge is 0.497 e. The number of aryl methyl sites for hydroxylation is 1. The first-order chi connectivity index (χ1) is 13.2. The second-order valence-electron chi connectivity index (χ2n) is 6.91. The Labute approximate surface area is 163 Å². The zero-order valence-electron chi connectivity index (χ0n) is 16.1. The second-order valence-corrected chi connectivity index (χ2v) is 9.13. The van der Waals surface area contributed by atoms with Crippen LogP contribution in [-0.4, -0.2) is 62.9 Å². The number of nitrogens with one attached hydrogen (secondary N) is 1. The van der Waals surface area contributed by atoms with Crippen LogP contribution < -0.4 is 10.1 Å². The van der Waals surface area contributed by atoms with Crippen LogP contribution in [0.5, 0.6) is 5.75 Å². The highest BCUT2D eigenvalue weighted by atomic mass is 32.2. The Morgan fingerprint density at radius 3 is 2.71 bits per heavy atom. The summed E-state index contributed by atoms with van der Waals surface area (Å²) in [6.45, 7) is 3.71. The summed E-state index contributed by atoms with van der Waals surface area (Å²) < 4.78 is 34.0.